The van der Waals surface area contributed by atoms with E-state index in [2.05, 4.69) is 4.98 Å². The Morgan fingerprint density at radius 1 is 1.06 bits per heavy atom. The second-order valence-corrected chi connectivity index (χ2v) is 7.43. The van der Waals surface area contributed by atoms with E-state index in [1.807, 2.05) is 22.8 Å². The fraction of sp³-hybridized carbons (Fsp3) is 0.125. The van der Waals surface area contributed by atoms with Gasteiger partial charge in [-0.15, -0.1) is 0 Å². The average Bonchev–Trinajstić information content (AvgIpc) is 3.20. The number of hydrogen-bond donors (Lipinski definition) is 0. The summed E-state index contributed by atoms with van der Waals surface area (Å²) in [6, 6.07) is 13.8. The van der Waals surface area contributed by atoms with E-state index in [0.717, 1.165) is 29.1 Å². The van der Waals surface area contributed by atoms with Crippen LogP contribution < -0.4 is 0 Å². The van der Waals surface area contributed by atoms with Crippen LogP contribution in [0.1, 0.15) is 21.5 Å². The van der Waals surface area contributed by atoms with Gasteiger partial charge in [0.05, 0.1) is 17.5 Å². The highest BCUT2D eigenvalue weighted by Crippen LogP contribution is 2.20. The molecule has 8 heteroatoms. The summed E-state index contributed by atoms with van der Waals surface area (Å²) in [6.45, 7) is -0.249. The molecule has 0 saturated heterocycles. The van der Waals surface area contributed by atoms with Crippen LogP contribution in [0.4, 0.5) is 13.2 Å². The largest absolute Gasteiger partial charge is 0.341 e. The molecule has 0 saturated carbocycles. The lowest BCUT2D eigenvalue weighted by Crippen LogP contribution is -2.28. The number of hydrogen-bond acceptors (Lipinski definition) is 3. The molecule has 5 nitrogen and oxygen atoms in total. The second-order valence-electron chi connectivity index (χ2n) is 7.43. The van der Waals surface area contributed by atoms with Gasteiger partial charge in [-0.25, -0.2) is 18.2 Å². The average molecular weight is 437 g/mol. The number of carbonyl (C=O) groups is 2. The van der Waals surface area contributed by atoms with Crippen LogP contribution in [-0.4, -0.2) is 33.7 Å². The minimum Gasteiger partial charge on any atom is -0.341 e. The Labute approximate surface area is 181 Å². The number of likely N-dealkylation sites (N-methyl/N-ethyl adjacent to an activating group) is 1. The molecular weight excluding hydrogens is 419 g/mol. The van der Waals surface area contributed by atoms with E-state index in [0.29, 0.717) is 17.1 Å². The van der Waals surface area contributed by atoms with Gasteiger partial charge in [-0.05, 0) is 42.0 Å². The molecule has 0 bridgehead atoms. The third kappa shape index (κ3) is 4.25. The smallest absolute Gasteiger partial charge is 0.227 e. The molecule has 1 aromatic heterocycles. The summed E-state index contributed by atoms with van der Waals surface area (Å²) in [6.07, 6.45) is 2.46. The molecule has 0 aliphatic carbocycles. The Morgan fingerprint density at radius 3 is 2.53 bits per heavy atom. The molecule has 32 heavy (non-hydrogen) atoms. The first-order chi connectivity index (χ1) is 15.4. The van der Waals surface area contributed by atoms with Crippen molar-refractivity contribution >= 4 is 23.2 Å². The van der Waals surface area contributed by atoms with Gasteiger partial charge in [0.1, 0.15) is 18.4 Å². The standard InChI is InChI=1S/C24H18F3N3O2/c1-29(12-17-10-18(25)11-20(26)24(17)27)23(32)9-15-2-5-19(6-3-15)30-14-28-21-8-16(13-31)4-7-22(21)30/h2-8,10-11,13-14H,9,12H2,1H3. The van der Waals surface area contributed by atoms with Crippen LogP contribution in [0.3, 0.4) is 0 Å². The molecule has 0 aliphatic heterocycles. The van der Waals surface area contributed by atoms with Crippen molar-refractivity contribution in [2.24, 2.45) is 0 Å². The molecule has 0 unspecified atom stereocenters. The van der Waals surface area contributed by atoms with Crippen molar-refractivity contribution in [3.05, 3.63) is 95.1 Å². The minimum atomic E-state index is -1.29. The number of rotatable bonds is 6. The first-order valence-electron chi connectivity index (χ1n) is 9.74. The summed E-state index contributed by atoms with van der Waals surface area (Å²) >= 11 is 0. The number of aromatic nitrogens is 2. The van der Waals surface area contributed by atoms with Gasteiger partial charge in [0.2, 0.25) is 5.91 Å². The summed E-state index contributed by atoms with van der Waals surface area (Å²) in [5.74, 6) is -3.67. The molecular formula is C24H18F3N3O2. The molecule has 0 fully saturated rings. The Morgan fingerprint density at radius 2 is 1.81 bits per heavy atom. The van der Waals surface area contributed by atoms with Gasteiger partial charge >= 0.3 is 0 Å². The van der Waals surface area contributed by atoms with Crippen LogP contribution in [0.25, 0.3) is 16.7 Å². The molecule has 0 spiro atoms. The highest BCUT2D eigenvalue weighted by molar-refractivity contribution is 5.85. The van der Waals surface area contributed by atoms with E-state index in [-0.39, 0.29) is 24.4 Å². The fourth-order valence-corrected chi connectivity index (χ4v) is 3.46. The summed E-state index contributed by atoms with van der Waals surface area (Å²) in [7, 11) is 1.45. The summed E-state index contributed by atoms with van der Waals surface area (Å²) in [4.78, 5) is 29.0. The zero-order valence-electron chi connectivity index (χ0n) is 17.1. The second kappa shape index (κ2) is 8.66. The molecule has 1 heterocycles. The number of amides is 1. The van der Waals surface area contributed by atoms with E-state index in [1.54, 1.807) is 30.6 Å². The molecule has 0 N–H and O–H groups in total. The molecule has 3 aromatic carbocycles. The van der Waals surface area contributed by atoms with Gasteiger partial charge in [-0.2, -0.15) is 0 Å². The topological polar surface area (TPSA) is 55.2 Å². The Balaban J connectivity index is 1.47. The zero-order chi connectivity index (χ0) is 22.8. The van der Waals surface area contributed by atoms with Gasteiger partial charge in [-0.1, -0.05) is 12.1 Å². The number of fused-ring (bicyclic) bond motifs is 1. The van der Waals surface area contributed by atoms with Crippen molar-refractivity contribution in [3.8, 4) is 5.69 Å². The lowest BCUT2D eigenvalue weighted by Gasteiger charge is -2.18. The molecule has 4 aromatic rings. The number of benzene rings is 3. The van der Waals surface area contributed by atoms with Gasteiger partial charge in [-0.3, -0.25) is 14.2 Å². The maximum Gasteiger partial charge on any atom is 0.227 e. The molecule has 4 rings (SSSR count). The summed E-state index contributed by atoms with van der Waals surface area (Å²) in [5, 5.41) is 0. The summed E-state index contributed by atoms with van der Waals surface area (Å²) in [5.41, 5.74) is 3.40. The Kier molecular flexibility index (Phi) is 5.77. The Hall–Kier alpha value is -3.94. The van der Waals surface area contributed by atoms with Crippen LogP contribution in [0.5, 0.6) is 0 Å². The fourth-order valence-electron chi connectivity index (χ4n) is 3.46. The molecule has 1 amide bonds. The third-order valence-corrected chi connectivity index (χ3v) is 5.18. The number of imidazole rings is 1. The molecule has 0 radical (unpaired) electrons. The first-order valence-corrected chi connectivity index (χ1v) is 9.74. The lowest BCUT2D eigenvalue weighted by molar-refractivity contribution is -0.129. The zero-order valence-corrected chi connectivity index (χ0v) is 17.1. The predicted molar refractivity (Wildman–Crippen MR) is 113 cm³/mol. The van der Waals surface area contributed by atoms with Gasteiger partial charge < -0.3 is 4.90 Å². The number of halogens is 3. The normalized spacial score (nSPS) is 11.0. The Bertz CT molecular complexity index is 1320. The van der Waals surface area contributed by atoms with Crippen molar-refractivity contribution in [2.75, 3.05) is 7.05 Å². The van der Waals surface area contributed by atoms with E-state index >= 15 is 0 Å². The van der Waals surface area contributed by atoms with Gasteiger partial charge in [0.25, 0.3) is 0 Å². The van der Waals surface area contributed by atoms with E-state index in [4.69, 9.17) is 0 Å². The lowest BCUT2D eigenvalue weighted by atomic mass is 10.1. The number of nitrogens with zero attached hydrogens (tertiary/aromatic N) is 3. The van der Waals surface area contributed by atoms with Gasteiger partial charge in [0, 0.05) is 36.5 Å². The van der Waals surface area contributed by atoms with E-state index < -0.39 is 17.5 Å². The first kappa shape index (κ1) is 21.3. The maximum atomic E-state index is 13.9. The monoisotopic (exact) mass is 437 g/mol. The van der Waals surface area contributed by atoms with Crippen molar-refractivity contribution in [3.63, 3.8) is 0 Å². The highest BCUT2D eigenvalue weighted by Gasteiger charge is 2.16. The van der Waals surface area contributed by atoms with Crippen molar-refractivity contribution in [1.82, 2.24) is 14.5 Å². The van der Waals surface area contributed by atoms with Crippen molar-refractivity contribution in [1.29, 1.82) is 0 Å². The van der Waals surface area contributed by atoms with Crippen molar-refractivity contribution < 1.29 is 22.8 Å². The van der Waals surface area contributed by atoms with E-state index in [9.17, 15) is 22.8 Å². The third-order valence-electron chi connectivity index (χ3n) is 5.18. The van der Waals surface area contributed by atoms with Crippen LogP contribution >= 0.6 is 0 Å². The van der Waals surface area contributed by atoms with Crippen LogP contribution in [0.15, 0.2) is 60.9 Å². The summed E-state index contributed by atoms with van der Waals surface area (Å²) < 4.78 is 42.5. The molecule has 0 aliphatic rings. The van der Waals surface area contributed by atoms with Crippen LogP contribution in [0.2, 0.25) is 0 Å². The van der Waals surface area contributed by atoms with Crippen LogP contribution in [0, 0.1) is 17.5 Å². The van der Waals surface area contributed by atoms with Gasteiger partial charge in [0.15, 0.2) is 11.6 Å². The molecule has 0 atom stereocenters. The highest BCUT2D eigenvalue weighted by atomic mass is 19.2. The molecule has 162 valence electrons. The van der Waals surface area contributed by atoms with E-state index in [1.165, 1.54) is 11.9 Å². The predicted octanol–water partition coefficient (Wildman–Crippen LogP) is 4.46. The minimum absolute atomic E-state index is 0.0452. The van der Waals surface area contributed by atoms with Crippen molar-refractivity contribution in [2.45, 2.75) is 13.0 Å². The SMILES string of the molecule is CN(Cc1cc(F)cc(F)c1F)C(=O)Cc1ccc(-n2cnc3cc(C=O)ccc32)cc1. The van der Waals surface area contributed by atoms with Crippen LogP contribution in [-0.2, 0) is 17.8 Å². The quantitative estimate of drug-likeness (QED) is 0.331. The number of aldehydes is 1. The maximum absolute atomic E-state index is 13.9. The number of carbonyl (C=O) groups excluding carboxylic acids is 2.